The third-order valence-electron chi connectivity index (χ3n) is 1.77. The van der Waals surface area contributed by atoms with Gasteiger partial charge in [0.2, 0.25) is 0 Å². The Morgan fingerprint density at radius 1 is 1.73 bits per heavy atom. The number of ether oxygens (including phenoxy) is 1. The van der Waals surface area contributed by atoms with Gasteiger partial charge in [0.1, 0.15) is 0 Å². The van der Waals surface area contributed by atoms with Crippen molar-refractivity contribution >= 4 is 0 Å². The molecule has 0 bridgehead atoms. The second-order valence-electron chi connectivity index (χ2n) is 2.91. The zero-order valence-electron chi connectivity index (χ0n) is 7.10. The van der Waals surface area contributed by atoms with Crippen LogP contribution in [0.3, 0.4) is 0 Å². The van der Waals surface area contributed by atoms with E-state index in [0.29, 0.717) is 0 Å². The van der Waals surface area contributed by atoms with E-state index in [1.807, 2.05) is 6.92 Å². The minimum Gasteiger partial charge on any atom is -0.524 e. The van der Waals surface area contributed by atoms with Crippen molar-refractivity contribution < 1.29 is 37.4 Å². The third kappa shape index (κ3) is 3.25. The van der Waals surface area contributed by atoms with Crippen LogP contribution in [0.25, 0.3) is 0 Å². The maximum atomic E-state index is 5.50. The molecule has 0 aliphatic carbocycles. The molecule has 0 fully saturated rings. The van der Waals surface area contributed by atoms with E-state index < -0.39 is 0 Å². The molecule has 1 rings (SSSR count). The first-order valence-electron chi connectivity index (χ1n) is 3.67. The Morgan fingerprint density at radius 2 is 2.36 bits per heavy atom. The summed E-state index contributed by atoms with van der Waals surface area (Å²) in [5.74, 6) is 1.00. The van der Waals surface area contributed by atoms with Crippen molar-refractivity contribution in [3.8, 4) is 0 Å². The smallest absolute Gasteiger partial charge is 0.0857 e. The predicted molar refractivity (Wildman–Crippen MR) is 42.1 cm³/mol. The second-order valence-corrected chi connectivity index (χ2v) is 2.91. The summed E-state index contributed by atoms with van der Waals surface area (Å²) < 4.78 is 5.50. The molecule has 1 unspecified atom stereocenters. The fourth-order valence-electron chi connectivity index (χ4n) is 1.23. The molecule has 0 amide bonds. The molecule has 61 valence electrons. The van der Waals surface area contributed by atoms with Crippen LogP contribution in [0, 0.1) is 13.8 Å². The molecule has 1 atom stereocenters. The number of hydrogen-bond donors (Lipinski definition) is 0. The van der Waals surface area contributed by atoms with Gasteiger partial charge in [-0.3, -0.25) is 6.92 Å². The maximum absolute atomic E-state index is 5.50. The van der Waals surface area contributed by atoms with E-state index in [4.69, 9.17) is 4.74 Å². The first-order valence-corrected chi connectivity index (χ1v) is 3.67. The van der Waals surface area contributed by atoms with Gasteiger partial charge in [-0.15, -0.1) is 0 Å². The van der Waals surface area contributed by atoms with E-state index in [1.54, 1.807) is 0 Å². The minimum absolute atomic E-state index is 0. The quantitative estimate of drug-likeness (QED) is 0.658. The van der Waals surface area contributed by atoms with Crippen molar-refractivity contribution in [2.24, 2.45) is 0 Å². The average molecular weight is 227 g/mol. The molecule has 0 saturated carbocycles. The first-order chi connectivity index (χ1) is 4.66. The molecule has 0 spiro atoms. The van der Waals surface area contributed by atoms with Crippen LogP contribution in [-0.4, -0.2) is 5.60 Å². The molecule has 1 nitrogen and oxygen atoms in total. The van der Waals surface area contributed by atoms with Crippen LogP contribution >= 0.6 is 0 Å². The van der Waals surface area contributed by atoms with E-state index in [0.717, 1.165) is 25.0 Å². The molecule has 1 aliphatic rings. The molecule has 1 radical (unpaired) electrons. The molecule has 0 N–H and O–H groups in total. The molecule has 1 aliphatic heterocycles. The Morgan fingerprint density at radius 3 is 2.73 bits per heavy atom. The van der Waals surface area contributed by atoms with Gasteiger partial charge in [-0.25, -0.2) is 0 Å². The molecule has 11 heavy (non-hydrogen) atoms. The van der Waals surface area contributed by atoms with Crippen LogP contribution in [-0.2, 0) is 37.4 Å². The fourth-order valence-corrected chi connectivity index (χ4v) is 1.23. The molecule has 1 heterocycles. The number of rotatable bonds is 2. The van der Waals surface area contributed by atoms with Gasteiger partial charge in [-0.2, -0.15) is 6.42 Å². The van der Waals surface area contributed by atoms with Crippen molar-refractivity contribution in [1.82, 2.24) is 0 Å². The molecular formula is C9H14OY-2. The second kappa shape index (κ2) is 4.62. The van der Waals surface area contributed by atoms with Gasteiger partial charge >= 0.3 is 0 Å². The van der Waals surface area contributed by atoms with Crippen molar-refractivity contribution in [3.63, 3.8) is 0 Å². The Labute approximate surface area is 94.5 Å². The molecular weight excluding hydrogens is 213 g/mol. The Bertz CT molecular complexity index is 154. The Kier molecular flexibility index (Phi) is 4.89. The van der Waals surface area contributed by atoms with E-state index in [2.05, 4.69) is 19.9 Å². The normalized spacial score (nSPS) is 28.8. The van der Waals surface area contributed by atoms with Crippen LogP contribution in [0.2, 0.25) is 0 Å². The number of hydrogen-bond acceptors (Lipinski definition) is 1. The molecule has 0 aromatic heterocycles. The largest absolute Gasteiger partial charge is 0.524 e. The van der Waals surface area contributed by atoms with Gasteiger partial charge in [0.15, 0.2) is 0 Å². The molecule has 2 heteroatoms. The van der Waals surface area contributed by atoms with Gasteiger partial charge in [0.05, 0.1) is 5.76 Å². The minimum atomic E-state index is -0.189. The van der Waals surface area contributed by atoms with Gasteiger partial charge in [-0.1, -0.05) is 6.42 Å². The average Bonchev–Trinajstić information content (AvgIpc) is 2.12. The summed E-state index contributed by atoms with van der Waals surface area (Å²) in [6, 6.07) is 0. The van der Waals surface area contributed by atoms with E-state index >= 15 is 0 Å². The maximum Gasteiger partial charge on any atom is 0.0857 e. The topological polar surface area (TPSA) is 9.23 Å². The molecule has 0 aromatic rings. The van der Waals surface area contributed by atoms with Gasteiger partial charge in [-0.05, 0) is 25.0 Å². The molecule has 0 saturated heterocycles. The van der Waals surface area contributed by atoms with E-state index in [1.165, 1.54) is 0 Å². The van der Waals surface area contributed by atoms with Crippen molar-refractivity contribution in [1.29, 1.82) is 0 Å². The van der Waals surface area contributed by atoms with Crippen LogP contribution in [0.4, 0.5) is 0 Å². The van der Waals surface area contributed by atoms with Crippen molar-refractivity contribution in [3.05, 3.63) is 25.7 Å². The van der Waals surface area contributed by atoms with Crippen LogP contribution < -0.4 is 0 Å². The third-order valence-corrected chi connectivity index (χ3v) is 1.77. The monoisotopic (exact) mass is 227 g/mol. The van der Waals surface area contributed by atoms with Gasteiger partial charge in [0.25, 0.3) is 0 Å². The predicted octanol–water partition coefficient (Wildman–Crippen LogP) is 2.50. The zero-order valence-corrected chi connectivity index (χ0v) is 9.94. The Hall–Kier alpha value is 0.644. The zero-order chi connectivity index (χ0) is 7.61. The summed E-state index contributed by atoms with van der Waals surface area (Å²) >= 11 is 0. The summed E-state index contributed by atoms with van der Waals surface area (Å²) in [7, 11) is 0. The van der Waals surface area contributed by atoms with Crippen molar-refractivity contribution in [2.45, 2.75) is 31.8 Å². The molecule has 0 aromatic carbocycles. The summed E-state index contributed by atoms with van der Waals surface area (Å²) in [4.78, 5) is 0. The summed E-state index contributed by atoms with van der Waals surface area (Å²) in [5.41, 5.74) is -0.189. The SMILES string of the molecule is [CH2-]CCC1([CH2-])CC=C(C)O1.[Y]. The van der Waals surface area contributed by atoms with Crippen LogP contribution in [0.15, 0.2) is 11.8 Å². The fraction of sp³-hybridized carbons (Fsp3) is 0.556. The summed E-state index contributed by atoms with van der Waals surface area (Å²) in [6.45, 7) is 9.74. The van der Waals surface area contributed by atoms with E-state index in [-0.39, 0.29) is 38.3 Å². The summed E-state index contributed by atoms with van der Waals surface area (Å²) in [5, 5.41) is 0. The first kappa shape index (κ1) is 11.6. The van der Waals surface area contributed by atoms with E-state index in [9.17, 15) is 0 Å². The Balaban J connectivity index is 0.000001000. The van der Waals surface area contributed by atoms with Gasteiger partial charge in [0, 0.05) is 32.7 Å². The van der Waals surface area contributed by atoms with Crippen LogP contribution in [0.1, 0.15) is 26.2 Å². The number of allylic oxidation sites excluding steroid dienone is 1. The van der Waals surface area contributed by atoms with Gasteiger partial charge < -0.3 is 11.7 Å². The standard InChI is InChI=1S/C9H14O.Y/c1-4-6-9(3)7-5-8(2)10-9;/h5H,1,3-4,6-7H2,2H3;/q-2;. The summed E-state index contributed by atoms with van der Waals surface area (Å²) in [6.07, 6.45) is 4.86. The van der Waals surface area contributed by atoms with Crippen molar-refractivity contribution in [2.75, 3.05) is 0 Å². The van der Waals surface area contributed by atoms with Crippen LogP contribution in [0.5, 0.6) is 0 Å².